The van der Waals surface area contributed by atoms with Gasteiger partial charge in [-0.2, -0.15) is 0 Å². The second kappa shape index (κ2) is 7.06. The summed E-state index contributed by atoms with van der Waals surface area (Å²) >= 11 is 0. The highest BCUT2D eigenvalue weighted by Crippen LogP contribution is 2.18. The number of hydrogen-bond donors (Lipinski definition) is 1. The minimum absolute atomic E-state index is 0.135. The minimum Gasteiger partial charge on any atom is -0.477 e. The lowest BCUT2D eigenvalue weighted by molar-refractivity contribution is -0.384. The molecule has 122 valence electrons. The Bertz CT molecular complexity index is 570. The number of aryl methyl sites for hydroxylation is 1. The number of carbonyl (C=O) groups excluding carboxylic acids is 1. The molecule has 1 heterocycles. The van der Waals surface area contributed by atoms with Crippen LogP contribution < -0.4 is 0 Å². The zero-order valence-electron chi connectivity index (χ0n) is 12.9. The fraction of sp³-hybridized carbons (Fsp3) is 0.571. The molecule has 0 saturated carbocycles. The number of carbonyl (C=O) groups is 2. The maximum atomic E-state index is 11.5. The predicted molar refractivity (Wildman–Crippen MR) is 77.7 cm³/mol. The van der Waals surface area contributed by atoms with E-state index >= 15 is 0 Å². The number of carboxylic acids is 1. The van der Waals surface area contributed by atoms with Gasteiger partial charge in [-0.05, 0) is 33.6 Å². The van der Waals surface area contributed by atoms with Crippen molar-refractivity contribution in [1.29, 1.82) is 0 Å². The topological polar surface area (TPSA) is 112 Å². The second-order valence-corrected chi connectivity index (χ2v) is 5.88. The third-order valence-corrected chi connectivity index (χ3v) is 2.76. The highest BCUT2D eigenvalue weighted by Gasteiger charge is 2.19. The van der Waals surface area contributed by atoms with E-state index in [1.807, 2.05) is 0 Å². The van der Waals surface area contributed by atoms with Crippen molar-refractivity contribution in [1.82, 2.24) is 4.57 Å². The van der Waals surface area contributed by atoms with Crippen molar-refractivity contribution in [3.05, 3.63) is 28.1 Å². The Labute approximate surface area is 127 Å². The van der Waals surface area contributed by atoms with Crippen LogP contribution in [0.4, 0.5) is 5.69 Å². The van der Waals surface area contributed by atoms with Gasteiger partial charge in [0.2, 0.25) is 0 Å². The van der Waals surface area contributed by atoms with E-state index < -0.39 is 16.5 Å². The fourth-order valence-electron chi connectivity index (χ4n) is 1.90. The van der Waals surface area contributed by atoms with Gasteiger partial charge in [0.05, 0.1) is 11.1 Å². The average molecular weight is 312 g/mol. The first-order valence-corrected chi connectivity index (χ1v) is 6.90. The van der Waals surface area contributed by atoms with E-state index in [-0.39, 0.29) is 30.3 Å². The highest BCUT2D eigenvalue weighted by atomic mass is 16.6. The average Bonchev–Trinajstić information content (AvgIpc) is 2.77. The van der Waals surface area contributed by atoms with Crippen molar-refractivity contribution in [3.63, 3.8) is 0 Å². The summed E-state index contributed by atoms with van der Waals surface area (Å²) in [7, 11) is 0. The van der Waals surface area contributed by atoms with Crippen molar-refractivity contribution in [2.24, 2.45) is 0 Å². The summed E-state index contributed by atoms with van der Waals surface area (Å²) in [4.78, 5) is 32.6. The molecule has 0 aliphatic heterocycles. The standard InChI is InChI=1S/C14H20N2O6/c1-14(2,3)22-12(17)6-4-5-7-15-9-10(16(20)21)8-11(15)13(18)19/h8-9H,4-7H2,1-3H3,(H,18,19). The van der Waals surface area contributed by atoms with Crippen molar-refractivity contribution in [2.75, 3.05) is 0 Å². The summed E-state index contributed by atoms with van der Waals surface area (Å²) in [5.41, 5.74) is -0.928. The van der Waals surface area contributed by atoms with Crippen LogP contribution in [0, 0.1) is 10.1 Å². The van der Waals surface area contributed by atoms with E-state index in [2.05, 4.69) is 0 Å². The smallest absolute Gasteiger partial charge is 0.352 e. The Kier molecular flexibility index (Phi) is 5.67. The Morgan fingerprint density at radius 2 is 2.00 bits per heavy atom. The van der Waals surface area contributed by atoms with Crippen LogP contribution in [-0.4, -0.2) is 32.1 Å². The number of aromatic nitrogens is 1. The van der Waals surface area contributed by atoms with Gasteiger partial charge in [-0.1, -0.05) is 0 Å². The van der Waals surface area contributed by atoms with Crippen LogP contribution in [-0.2, 0) is 16.1 Å². The molecule has 0 aliphatic carbocycles. The largest absolute Gasteiger partial charge is 0.477 e. The zero-order chi connectivity index (χ0) is 16.9. The van der Waals surface area contributed by atoms with Crippen LogP contribution in [0.5, 0.6) is 0 Å². The van der Waals surface area contributed by atoms with Crippen LogP contribution >= 0.6 is 0 Å². The lowest BCUT2D eigenvalue weighted by Gasteiger charge is -2.19. The maximum absolute atomic E-state index is 11.5. The van der Waals surface area contributed by atoms with E-state index in [0.29, 0.717) is 12.8 Å². The number of nitro groups is 1. The Balaban J connectivity index is 2.53. The van der Waals surface area contributed by atoms with Gasteiger partial charge in [0.25, 0.3) is 5.69 Å². The van der Waals surface area contributed by atoms with Gasteiger partial charge in [-0.25, -0.2) is 4.79 Å². The Morgan fingerprint density at radius 3 is 2.50 bits per heavy atom. The third-order valence-electron chi connectivity index (χ3n) is 2.76. The lowest BCUT2D eigenvalue weighted by atomic mass is 10.2. The Morgan fingerprint density at radius 1 is 1.36 bits per heavy atom. The third kappa shape index (κ3) is 5.55. The fourth-order valence-corrected chi connectivity index (χ4v) is 1.90. The molecular formula is C14H20N2O6. The van der Waals surface area contributed by atoms with Crippen molar-refractivity contribution in [3.8, 4) is 0 Å². The number of carboxylic acid groups (broad SMARTS) is 1. The van der Waals surface area contributed by atoms with E-state index in [1.165, 1.54) is 10.8 Å². The molecule has 0 unspecified atom stereocenters. The van der Waals surface area contributed by atoms with Crippen LogP contribution in [0.2, 0.25) is 0 Å². The molecule has 1 aromatic heterocycles. The number of aromatic carboxylic acids is 1. The predicted octanol–water partition coefficient (Wildman–Crippen LogP) is 2.61. The molecule has 1 N–H and O–H groups in total. The van der Waals surface area contributed by atoms with Crippen molar-refractivity contribution in [2.45, 2.75) is 52.2 Å². The van der Waals surface area contributed by atoms with Gasteiger partial charge in [0.1, 0.15) is 11.3 Å². The maximum Gasteiger partial charge on any atom is 0.352 e. The van der Waals surface area contributed by atoms with Gasteiger partial charge in [0.15, 0.2) is 0 Å². The molecule has 0 aliphatic rings. The number of hydrogen-bond acceptors (Lipinski definition) is 5. The number of esters is 1. The molecule has 0 amide bonds. The molecule has 22 heavy (non-hydrogen) atoms. The van der Waals surface area contributed by atoms with E-state index in [4.69, 9.17) is 9.84 Å². The molecule has 8 nitrogen and oxygen atoms in total. The number of unbranched alkanes of at least 4 members (excludes halogenated alkanes) is 1. The molecular weight excluding hydrogens is 292 g/mol. The van der Waals surface area contributed by atoms with Gasteiger partial charge < -0.3 is 14.4 Å². The molecule has 0 spiro atoms. The van der Waals surface area contributed by atoms with Gasteiger partial charge in [-0.15, -0.1) is 0 Å². The molecule has 0 radical (unpaired) electrons. The summed E-state index contributed by atoms with van der Waals surface area (Å²) in [6.45, 7) is 5.63. The molecule has 1 aromatic rings. The number of nitrogens with zero attached hydrogens (tertiary/aromatic N) is 2. The highest BCUT2D eigenvalue weighted by molar-refractivity contribution is 5.86. The molecule has 0 fully saturated rings. The van der Waals surface area contributed by atoms with E-state index in [9.17, 15) is 19.7 Å². The van der Waals surface area contributed by atoms with Gasteiger partial charge in [0, 0.05) is 19.0 Å². The molecule has 0 saturated heterocycles. The summed E-state index contributed by atoms with van der Waals surface area (Å²) in [5.74, 6) is -1.54. The van der Waals surface area contributed by atoms with Crippen LogP contribution in [0.25, 0.3) is 0 Å². The molecule has 0 bridgehead atoms. The molecule has 0 aromatic carbocycles. The first-order valence-electron chi connectivity index (χ1n) is 6.90. The summed E-state index contributed by atoms with van der Waals surface area (Å²) in [6.07, 6.45) is 2.45. The normalized spacial score (nSPS) is 11.2. The first-order chi connectivity index (χ1) is 10.1. The quantitative estimate of drug-likeness (QED) is 0.358. The van der Waals surface area contributed by atoms with E-state index in [1.54, 1.807) is 20.8 Å². The van der Waals surface area contributed by atoms with Crippen molar-refractivity contribution < 1.29 is 24.4 Å². The monoisotopic (exact) mass is 312 g/mol. The second-order valence-electron chi connectivity index (χ2n) is 5.88. The summed E-state index contributed by atoms with van der Waals surface area (Å²) < 4.78 is 6.47. The zero-order valence-corrected chi connectivity index (χ0v) is 12.9. The first kappa shape index (κ1) is 17.7. The minimum atomic E-state index is -1.22. The molecule has 8 heteroatoms. The van der Waals surface area contributed by atoms with Crippen LogP contribution in [0.3, 0.4) is 0 Å². The van der Waals surface area contributed by atoms with Gasteiger partial charge >= 0.3 is 11.9 Å². The van der Waals surface area contributed by atoms with Crippen molar-refractivity contribution >= 4 is 17.6 Å². The summed E-state index contributed by atoms with van der Waals surface area (Å²) in [5, 5.41) is 19.7. The summed E-state index contributed by atoms with van der Waals surface area (Å²) in [6, 6.07) is 1.02. The van der Waals surface area contributed by atoms with E-state index in [0.717, 1.165) is 6.07 Å². The van der Waals surface area contributed by atoms with Gasteiger partial charge in [-0.3, -0.25) is 14.9 Å². The number of ether oxygens (including phenoxy) is 1. The number of rotatable bonds is 7. The SMILES string of the molecule is CC(C)(C)OC(=O)CCCCn1cc([N+](=O)[O-])cc1C(=O)O. The lowest BCUT2D eigenvalue weighted by Crippen LogP contribution is -2.23. The molecule has 0 atom stereocenters. The van der Waals surface area contributed by atoms with Crippen LogP contribution in [0.15, 0.2) is 12.3 Å². The molecule has 1 rings (SSSR count). The van der Waals surface area contributed by atoms with Crippen LogP contribution in [0.1, 0.15) is 50.5 Å². The Hall–Kier alpha value is -2.38.